The lowest BCUT2D eigenvalue weighted by Gasteiger charge is -2.30. The van der Waals surface area contributed by atoms with Gasteiger partial charge in [-0.25, -0.2) is 4.99 Å². The number of benzene rings is 4. The fraction of sp³-hybridized carbons (Fsp3) is 0.212. The van der Waals surface area contributed by atoms with Gasteiger partial charge in [0.1, 0.15) is 5.75 Å². The Hall–Kier alpha value is -3.94. The van der Waals surface area contributed by atoms with Crippen molar-refractivity contribution >= 4 is 27.7 Å². The van der Waals surface area contributed by atoms with Crippen molar-refractivity contribution < 1.29 is 19.4 Å². The summed E-state index contributed by atoms with van der Waals surface area (Å²) in [6.07, 6.45) is 0.278. The molecular weight excluding hydrogens is 568 g/mol. The fourth-order valence-electron chi connectivity index (χ4n) is 4.89. The van der Waals surface area contributed by atoms with E-state index in [9.17, 15) is 4.79 Å². The number of likely N-dealkylation sites (N-methyl/N-ethyl adjacent to an activating group) is 1. The van der Waals surface area contributed by atoms with Crippen LogP contribution in [-0.4, -0.2) is 42.7 Å². The van der Waals surface area contributed by atoms with Crippen LogP contribution in [0.2, 0.25) is 0 Å². The van der Waals surface area contributed by atoms with Crippen LogP contribution >= 0.6 is 15.9 Å². The number of nitrogens with zero attached hydrogens (tertiary/aromatic N) is 1. The summed E-state index contributed by atoms with van der Waals surface area (Å²) in [4.78, 5) is 18.7. The van der Waals surface area contributed by atoms with Gasteiger partial charge in [-0.05, 0) is 58.7 Å². The second-order valence-corrected chi connectivity index (χ2v) is 10.6. The third kappa shape index (κ3) is 5.96. The maximum Gasteiger partial charge on any atom is 0.252 e. The zero-order valence-corrected chi connectivity index (χ0v) is 23.8. The van der Waals surface area contributed by atoms with Crippen molar-refractivity contribution in [3.63, 3.8) is 0 Å². The molecule has 1 heterocycles. The molecule has 5 rings (SSSR count). The number of aliphatic hydroxyl groups excluding tert-OH is 1. The van der Waals surface area contributed by atoms with Gasteiger partial charge in [0.15, 0.2) is 11.6 Å². The van der Waals surface area contributed by atoms with Crippen molar-refractivity contribution in [3.05, 3.63) is 124 Å². The zero-order valence-electron chi connectivity index (χ0n) is 22.2. The van der Waals surface area contributed by atoms with Gasteiger partial charge in [0.2, 0.25) is 5.90 Å². The lowest BCUT2D eigenvalue weighted by Crippen LogP contribution is -2.48. The molecule has 7 heteroatoms. The molecule has 1 aliphatic heterocycles. The lowest BCUT2D eigenvalue weighted by molar-refractivity contribution is -0.128. The summed E-state index contributed by atoms with van der Waals surface area (Å²) in [6.45, 7) is 0.512. The smallest absolute Gasteiger partial charge is 0.252 e. The highest BCUT2D eigenvalue weighted by atomic mass is 79.9. The molecule has 0 bridgehead atoms. The highest BCUT2D eigenvalue weighted by molar-refractivity contribution is 9.10. The number of nitrogens with one attached hydrogen (secondary N) is 1. The van der Waals surface area contributed by atoms with Crippen LogP contribution in [0, 0.1) is 0 Å². The molecule has 1 amide bonds. The fourth-order valence-corrected chi connectivity index (χ4v) is 5.16. The first kappa shape index (κ1) is 27.6. The van der Waals surface area contributed by atoms with Crippen LogP contribution in [0.5, 0.6) is 5.75 Å². The van der Waals surface area contributed by atoms with E-state index in [2.05, 4.69) is 45.5 Å². The zero-order chi connectivity index (χ0) is 28.0. The summed E-state index contributed by atoms with van der Waals surface area (Å²) in [6, 6.07) is 33.7. The molecule has 0 aliphatic carbocycles. The predicted molar refractivity (Wildman–Crippen MR) is 161 cm³/mol. The van der Waals surface area contributed by atoms with Crippen molar-refractivity contribution in [3.8, 4) is 16.9 Å². The number of hydrogen-bond acceptors (Lipinski definition) is 5. The Morgan fingerprint density at radius 3 is 2.23 bits per heavy atom. The molecule has 0 saturated carbocycles. The third-order valence-electron chi connectivity index (χ3n) is 6.96. The Bertz CT molecular complexity index is 1460. The number of carbonyl (C=O) groups is 1. The summed E-state index contributed by atoms with van der Waals surface area (Å²) < 4.78 is 13.2. The van der Waals surface area contributed by atoms with E-state index in [0.717, 1.165) is 32.3 Å². The van der Waals surface area contributed by atoms with Crippen LogP contribution in [0.25, 0.3) is 11.1 Å². The van der Waals surface area contributed by atoms with Gasteiger partial charge >= 0.3 is 0 Å². The number of aliphatic hydroxyl groups is 1. The topological polar surface area (TPSA) is 80.2 Å². The molecule has 1 aliphatic rings. The van der Waals surface area contributed by atoms with Crippen LogP contribution in [0.3, 0.4) is 0 Å². The van der Waals surface area contributed by atoms with E-state index in [1.54, 1.807) is 7.05 Å². The first-order chi connectivity index (χ1) is 19.5. The van der Waals surface area contributed by atoms with E-state index in [1.165, 1.54) is 0 Å². The van der Waals surface area contributed by atoms with Gasteiger partial charge < -0.3 is 19.9 Å². The maximum absolute atomic E-state index is 13.7. The molecule has 40 heavy (non-hydrogen) atoms. The van der Waals surface area contributed by atoms with Crippen LogP contribution in [0.1, 0.15) is 29.2 Å². The van der Waals surface area contributed by atoms with Crippen molar-refractivity contribution in [1.29, 1.82) is 0 Å². The van der Waals surface area contributed by atoms with Crippen LogP contribution in [0.4, 0.5) is 0 Å². The predicted octanol–water partition coefficient (Wildman–Crippen LogP) is 6.12. The van der Waals surface area contributed by atoms with Crippen molar-refractivity contribution in [2.45, 2.75) is 24.5 Å². The summed E-state index contributed by atoms with van der Waals surface area (Å²) in [5.74, 6) is 0.877. The van der Waals surface area contributed by atoms with Crippen LogP contribution in [-0.2, 0) is 16.0 Å². The van der Waals surface area contributed by atoms with E-state index in [4.69, 9.17) is 19.6 Å². The molecule has 204 valence electrons. The van der Waals surface area contributed by atoms with E-state index in [1.807, 2.05) is 78.9 Å². The Labute approximate surface area is 242 Å². The highest BCUT2D eigenvalue weighted by Gasteiger charge is 2.53. The first-order valence-corrected chi connectivity index (χ1v) is 14.0. The number of rotatable bonds is 10. The number of aliphatic imine (C=N–C) groups is 1. The quantitative estimate of drug-likeness (QED) is 0.215. The van der Waals surface area contributed by atoms with Gasteiger partial charge in [0, 0.05) is 36.5 Å². The molecule has 6 nitrogen and oxygen atoms in total. The molecule has 0 saturated heterocycles. The van der Waals surface area contributed by atoms with Crippen molar-refractivity contribution in [2.24, 2.45) is 4.99 Å². The summed E-state index contributed by atoms with van der Waals surface area (Å²) >= 11 is 3.50. The number of amides is 1. The minimum absolute atomic E-state index is 0.0798. The van der Waals surface area contributed by atoms with E-state index in [-0.39, 0.29) is 12.5 Å². The Morgan fingerprint density at radius 2 is 1.57 bits per heavy atom. The maximum atomic E-state index is 13.7. The summed E-state index contributed by atoms with van der Waals surface area (Å²) in [5.41, 5.74) is 3.57. The number of carbonyl (C=O) groups excluding carboxylic acids is 1. The number of ether oxygens (including phenoxy) is 2. The molecule has 2 atom stereocenters. The second-order valence-electron chi connectivity index (χ2n) is 9.66. The molecule has 0 unspecified atom stereocenters. The lowest BCUT2D eigenvalue weighted by atomic mass is 9.81. The molecular formula is C33H31BrN2O4. The molecule has 0 fully saturated rings. The van der Waals surface area contributed by atoms with E-state index in [0.29, 0.717) is 31.1 Å². The molecule has 0 spiro atoms. The monoisotopic (exact) mass is 598 g/mol. The molecule has 2 N–H and O–H groups in total. The standard InChI is InChI=1S/C33H31BrN2O4/c1-35-32(38)33(22-23-8-16-28(34)17-9-23)30(26-12-10-25(11-13-26)24-6-3-2-4-7-24)40-31(36-33)27-14-18-29(19-15-27)39-21-5-20-37/h2-4,6-19,30,37H,5,20-22H2,1H3,(H,35,38)/t30-,33-/m1/s1. The SMILES string of the molecule is CNC(=O)[C@]1(Cc2ccc(Br)cc2)N=C(c2ccc(OCCCO)cc2)O[C@@H]1c1ccc(-c2ccccc2)cc1. The van der Waals surface area contributed by atoms with Gasteiger partial charge in [-0.15, -0.1) is 0 Å². The minimum Gasteiger partial charge on any atom is -0.494 e. The summed E-state index contributed by atoms with van der Waals surface area (Å²) in [5, 5.41) is 11.9. The normalized spacial score (nSPS) is 18.1. The molecule has 0 aromatic heterocycles. The largest absolute Gasteiger partial charge is 0.494 e. The second kappa shape index (κ2) is 12.5. The Balaban J connectivity index is 1.53. The van der Waals surface area contributed by atoms with Crippen molar-refractivity contribution in [1.82, 2.24) is 5.32 Å². The average Bonchev–Trinajstić information content (AvgIpc) is 3.39. The average molecular weight is 600 g/mol. The van der Waals surface area contributed by atoms with Gasteiger partial charge in [-0.1, -0.05) is 82.7 Å². The Kier molecular flexibility index (Phi) is 8.63. The number of halogens is 1. The summed E-state index contributed by atoms with van der Waals surface area (Å²) in [7, 11) is 1.63. The van der Waals surface area contributed by atoms with Crippen LogP contribution < -0.4 is 10.1 Å². The van der Waals surface area contributed by atoms with E-state index < -0.39 is 11.6 Å². The Morgan fingerprint density at radius 1 is 0.925 bits per heavy atom. The van der Waals surface area contributed by atoms with Gasteiger partial charge in [0.05, 0.1) is 6.61 Å². The highest BCUT2D eigenvalue weighted by Crippen LogP contribution is 2.43. The number of hydrogen-bond donors (Lipinski definition) is 2. The first-order valence-electron chi connectivity index (χ1n) is 13.2. The third-order valence-corrected chi connectivity index (χ3v) is 7.49. The molecule has 0 radical (unpaired) electrons. The molecule has 4 aromatic rings. The van der Waals surface area contributed by atoms with Gasteiger partial charge in [0.25, 0.3) is 5.91 Å². The van der Waals surface area contributed by atoms with Crippen LogP contribution in [0.15, 0.2) is 113 Å². The van der Waals surface area contributed by atoms with Gasteiger partial charge in [-0.3, -0.25) is 4.79 Å². The van der Waals surface area contributed by atoms with Gasteiger partial charge in [-0.2, -0.15) is 0 Å². The van der Waals surface area contributed by atoms with Crippen molar-refractivity contribution in [2.75, 3.05) is 20.3 Å². The minimum atomic E-state index is -1.22. The van der Waals surface area contributed by atoms with E-state index >= 15 is 0 Å². The molecule has 4 aromatic carbocycles.